The lowest BCUT2D eigenvalue weighted by Gasteiger charge is -2.16. The number of hydrogen-bond acceptors (Lipinski definition) is 6. The molecule has 2 heterocycles. The molecular formula is C20H20N4O4. The van der Waals surface area contributed by atoms with Crippen molar-refractivity contribution in [2.24, 2.45) is 0 Å². The van der Waals surface area contributed by atoms with Crippen molar-refractivity contribution in [3.63, 3.8) is 0 Å². The number of benzene rings is 1. The van der Waals surface area contributed by atoms with E-state index in [-0.39, 0.29) is 11.7 Å². The number of rotatable bonds is 5. The van der Waals surface area contributed by atoms with Crippen LogP contribution in [0.3, 0.4) is 0 Å². The summed E-state index contributed by atoms with van der Waals surface area (Å²) in [5.41, 5.74) is 5.03. The molecule has 0 unspecified atom stereocenters. The maximum absolute atomic E-state index is 11.9. The molecule has 2 N–H and O–H groups in total. The number of methoxy groups -OCH3 is 1. The summed E-state index contributed by atoms with van der Waals surface area (Å²) in [6.45, 7) is 2.35. The van der Waals surface area contributed by atoms with Gasteiger partial charge in [0.25, 0.3) is 0 Å². The van der Waals surface area contributed by atoms with Gasteiger partial charge in [0.1, 0.15) is 0 Å². The number of aromatic carboxylic acids is 1. The molecule has 1 atom stereocenters. The van der Waals surface area contributed by atoms with E-state index >= 15 is 0 Å². The van der Waals surface area contributed by atoms with Crippen LogP contribution in [0, 0.1) is 6.92 Å². The molecule has 0 bridgehead atoms. The van der Waals surface area contributed by atoms with Gasteiger partial charge in [0.2, 0.25) is 0 Å². The number of fused-ring (bicyclic) bond motifs is 2. The first-order chi connectivity index (χ1) is 13.5. The highest BCUT2D eigenvalue weighted by Gasteiger charge is 2.26. The molecular weight excluding hydrogens is 360 g/mol. The fraction of sp³-hybridized carbons (Fsp3) is 0.300. The molecule has 0 fully saturated rings. The molecule has 8 heteroatoms. The van der Waals surface area contributed by atoms with Gasteiger partial charge in [-0.3, -0.25) is 0 Å². The second kappa shape index (κ2) is 7.05. The Kier molecular flexibility index (Phi) is 4.56. The van der Waals surface area contributed by atoms with Gasteiger partial charge in [-0.2, -0.15) is 5.10 Å². The summed E-state index contributed by atoms with van der Waals surface area (Å²) >= 11 is 0. The predicted molar refractivity (Wildman–Crippen MR) is 100 cm³/mol. The monoisotopic (exact) mass is 380 g/mol. The standard InChI is InChI=1S/C20H20N4O4/c1-11-13-5-6-16(15(13)4-3-14(11)19(25)26)21-10-12-9-17(20(27)28-2)23-18-7-8-22-24(12)18/h3-4,7-9,16,21H,5-6,10H2,1-2H3,(H,25,26)/t16-/m0/s1. The zero-order valence-corrected chi connectivity index (χ0v) is 15.6. The normalized spacial score (nSPS) is 15.6. The molecule has 144 valence electrons. The number of nitrogens with one attached hydrogen (secondary N) is 1. The first-order valence-corrected chi connectivity index (χ1v) is 9.00. The van der Waals surface area contributed by atoms with E-state index in [1.165, 1.54) is 7.11 Å². The molecule has 0 amide bonds. The topological polar surface area (TPSA) is 106 Å². The van der Waals surface area contributed by atoms with Gasteiger partial charge in [-0.15, -0.1) is 0 Å². The van der Waals surface area contributed by atoms with Crippen molar-refractivity contribution in [3.8, 4) is 0 Å². The summed E-state index contributed by atoms with van der Waals surface area (Å²) in [6, 6.07) is 7.08. The Morgan fingerprint density at radius 1 is 1.36 bits per heavy atom. The lowest BCUT2D eigenvalue weighted by Crippen LogP contribution is -2.21. The van der Waals surface area contributed by atoms with Crippen LogP contribution in [0.1, 0.15) is 55.7 Å². The Balaban J connectivity index is 1.60. The van der Waals surface area contributed by atoms with E-state index in [4.69, 9.17) is 4.74 Å². The predicted octanol–water partition coefficient (Wildman–Crippen LogP) is 2.30. The number of hydrogen-bond donors (Lipinski definition) is 2. The van der Waals surface area contributed by atoms with Crippen molar-refractivity contribution in [2.75, 3.05) is 7.11 Å². The number of carboxylic acids is 1. The zero-order valence-electron chi connectivity index (χ0n) is 15.6. The molecule has 0 aliphatic heterocycles. The Morgan fingerprint density at radius 2 is 2.18 bits per heavy atom. The average molecular weight is 380 g/mol. The molecule has 8 nitrogen and oxygen atoms in total. The van der Waals surface area contributed by atoms with Crippen molar-refractivity contribution in [3.05, 3.63) is 64.1 Å². The zero-order chi connectivity index (χ0) is 19.8. The molecule has 0 radical (unpaired) electrons. The Bertz CT molecular complexity index is 1090. The van der Waals surface area contributed by atoms with Crippen LogP contribution in [0.15, 0.2) is 30.5 Å². The summed E-state index contributed by atoms with van der Waals surface area (Å²) in [6.07, 6.45) is 3.35. The van der Waals surface area contributed by atoms with Gasteiger partial charge >= 0.3 is 11.9 Å². The number of ether oxygens (including phenoxy) is 1. The molecule has 1 aliphatic carbocycles. The lowest BCUT2D eigenvalue weighted by atomic mass is 9.98. The van der Waals surface area contributed by atoms with Crippen molar-refractivity contribution < 1.29 is 19.4 Å². The Morgan fingerprint density at radius 3 is 2.93 bits per heavy atom. The van der Waals surface area contributed by atoms with E-state index in [9.17, 15) is 14.7 Å². The fourth-order valence-electron chi connectivity index (χ4n) is 3.86. The van der Waals surface area contributed by atoms with Gasteiger partial charge < -0.3 is 15.2 Å². The van der Waals surface area contributed by atoms with Crippen LogP contribution < -0.4 is 5.32 Å². The minimum absolute atomic E-state index is 0.108. The molecule has 0 saturated carbocycles. The number of nitrogens with zero attached hydrogens (tertiary/aromatic N) is 3. The maximum atomic E-state index is 11.9. The van der Waals surface area contributed by atoms with Gasteiger partial charge in [-0.1, -0.05) is 6.07 Å². The van der Waals surface area contributed by atoms with Crippen LogP contribution in [-0.4, -0.2) is 38.8 Å². The highest BCUT2D eigenvalue weighted by Crippen LogP contribution is 2.34. The van der Waals surface area contributed by atoms with Gasteiger partial charge in [-0.25, -0.2) is 19.1 Å². The second-order valence-electron chi connectivity index (χ2n) is 6.81. The van der Waals surface area contributed by atoms with Crippen LogP contribution in [0.2, 0.25) is 0 Å². The van der Waals surface area contributed by atoms with E-state index in [2.05, 4.69) is 15.4 Å². The minimum Gasteiger partial charge on any atom is -0.478 e. The number of aromatic nitrogens is 3. The molecule has 1 aliphatic rings. The quantitative estimate of drug-likeness (QED) is 0.654. The molecule has 4 rings (SSSR count). The third-order valence-corrected chi connectivity index (χ3v) is 5.28. The Hall–Kier alpha value is -3.26. The van der Waals surface area contributed by atoms with E-state index in [1.807, 2.05) is 13.0 Å². The van der Waals surface area contributed by atoms with Crippen molar-refractivity contribution >= 4 is 17.6 Å². The first-order valence-electron chi connectivity index (χ1n) is 9.00. The van der Waals surface area contributed by atoms with Gasteiger partial charge in [0.15, 0.2) is 11.3 Å². The largest absolute Gasteiger partial charge is 0.478 e. The molecule has 2 aromatic heterocycles. The maximum Gasteiger partial charge on any atom is 0.356 e. The van der Waals surface area contributed by atoms with Crippen LogP contribution in [0.4, 0.5) is 0 Å². The van der Waals surface area contributed by atoms with E-state index in [0.717, 1.165) is 35.2 Å². The van der Waals surface area contributed by atoms with Gasteiger partial charge in [0.05, 0.1) is 24.6 Å². The smallest absolute Gasteiger partial charge is 0.356 e. The summed E-state index contributed by atoms with van der Waals surface area (Å²) in [7, 11) is 1.33. The SMILES string of the molecule is COC(=O)c1cc(CN[C@H]2CCc3c2ccc(C(=O)O)c3C)n2nccc2n1. The molecule has 3 aromatic rings. The average Bonchev–Trinajstić information content (AvgIpc) is 3.32. The van der Waals surface area contributed by atoms with Crippen LogP contribution in [-0.2, 0) is 17.7 Å². The van der Waals surface area contributed by atoms with Crippen molar-refractivity contribution in [1.82, 2.24) is 19.9 Å². The molecule has 0 spiro atoms. The van der Waals surface area contributed by atoms with Gasteiger partial charge in [-0.05, 0) is 48.6 Å². The Labute approximate surface area is 161 Å². The highest BCUT2D eigenvalue weighted by molar-refractivity contribution is 5.90. The van der Waals surface area contributed by atoms with Crippen LogP contribution in [0.5, 0.6) is 0 Å². The third kappa shape index (κ3) is 3.01. The minimum atomic E-state index is -0.898. The number of esters is 1. The fourth-order valence-corrected chi connectivity index (χ4v) is 3.86. The molecule has 28 heavy (non-hydrogen) atoms. The summed E-state index contributed by atoms with van der Waals surface area (Å²) in [5, 5.41) is 17.1. The number of carbonyl (C=O) groups is 2. The van der Waals surface area contributed by atoms with Crippen molar-refractivity contribution in [1.29, 1.82) is 0 Å². The van der Waals surface area contributed by atoms with E-state index < -0.39 is 11.9 Å². The summed E-state index contributed by atoms with van der Waals surface area (Å²) in [5.74, 6) is -1.39. The molecule has 0 saturated heterocycles. The van der Waals surface area contributed by atoms with Crippen LogP contribution >= 0.6 is 0 Å². The lowest BCUT2D eigenvalue weighted by molar-refractivity contribution is 0.0593. The van der Waals surface area contributed by atoms with E-state index in [1.54, 1.807) is 28.9 Å². The highest BCUT2D eigenvalue weighted by atomic mass is 16.5. The van der Waals surface area contributed by atoms with Crippen molar-refractivity contribution in [2.45, 2.75) is 32.4 Å². The number of carboxylic acid groups (broad SMARTS) is 1. The van der Waals surface area contributed by atoms with E-state index in [0.29, 0.717) is 17.8 Å². The first kappa shape index (κ1) is 18.1. The summed E-state index contributed by atoms with van der Waals surface area (Å²) < 4.78 is 6.47. The second-order valence-corrected chi connectivity index (χ2v) is 6.81. The molecule has 1 aromatic carbocycles. The number of carbonyl (C=O) groups excluding carboxylic acids is 1. The summed E-state index contributed by atoms with van der Waals surface area (Å²) in [4.78, 5) is 27.5. The van der Waals surface area contributed by atoms with Gasteiger partial charge in [0, 0.05) is 18.7 Å². The third-order valence-electron chi connectivity index (χ3n) is 5.28. The van der Waals surface area contributed by atoms with Crippen LogP contribution in [0.25, 0.3) is 5.65 Å².